The second kappa shape index (κ2) is 13.8. The first-order valence-electron chi connectivity index (χ1n) is 17.3. The Kier molecular flexibility index (Phi) is 9.67. The van der Waals surface area contributed by atoms with Crippen LogP contribution >= 0.6 is 0 Å². The Labute approximate surface area is 283 Å². The number of rotatable bonds is 11. The van der Waals surface area contributed by atoms with Crippen LogP contribution < -0.4 is 19.4 Å². The van der Waals surface area contributed by atoms with Crippen LogP contribution in [-0.2, 0) is 19.1 Å². The minimum atomic E-state index is -1.38. The van der Waals surface area contributed by atoms with Crippen LogP contribution in [0.3, 0.4) is 0 Å². The number of aliphatic hydroxyl groups excluding tert-OH is 1. The molecule has 1 unspecified atom stereocenters. The van der Waals surface area contributed by atoms with Crippen LogP contribution in [0.15, 0.2) is 72.8 Å². The summed E-state index contributed by atoms with van der Waals surface area (Å²) in [4.78, 5) is 51.4. The fourth-order valence-corrected chi connectivity index (χ4v) is 8.07. The van der Waals surface area contributed by atoms with Gasteiger partial charge in [0.2, 0.25) is 11.8 Å². The average molecular weight is 657 g/mol. The molecule has 4 heterocycles. The van der Waals surface area contributed by atoms with Gasteiger partial charge in [0.1, 0.15) is 17.4 Å². The highest BCUT2D eigenvalue weighted by atomic mass is 16.5. The van der Waals surface area contributed by atoms with Crippen LogP contribution in [0.5, 0.6) is 5.75 Å². The number of amides is 3. The molecule has 0 saturated carbocycles. The molecule has 10 heteroatoms. The van der Waals surface area contributed by atoms with Gasteiger partial charge in [0.05, 0.1) is 37.2 Å². The lowest BCUT2D eigenvalue weighted by Crippen LogP contribution is -2.58. The van der Waals surface area contributed by atoms with E-state index in [1.165, 1.54) is 0 Å². The van der Waals surface area contributed by atoms with Gasteiger partial charge in [-0.15, -0.1) is 0 Å². The predicted octanol–water partition coefficient (Wildman–Crippen LogP) is 4.43. The van der Waals surface area contributed by atoms with E-state index in [0.717, 1.165) is 18.8 Å². The van der Waals surface area contributed by atoms with Crippen molar-refractivity contribution in [2.75, 3.05) is 54.1 Å². The molecule has 1 N–H and O–H groups in total. The SMILES string of the molecule is CCOc1ccc(N2CC=C[C@@H]3O[C@]45C=CCN(c6ccc(N(CC)CC)cc6)C(=O)C4N([C@@H](CO)CC(C)C)C(=O)[C@@H]5[C@@H]3C2=O)cc1. The molecule has 2 saturated heterocycles. The van der Waals surface area contributed by atoms with Crippen molar-refractivity contribution < 1.29 is 29.0 Å². The third-order valence-electron chi connectivity index (χ3n) is 10.2. The summed E-state index contributed by atoms with van der Waals surface area (Å²) in [5, 5.41) is 10.7. The van der Waals surface area contributed by atoms with Gasteiger partial charge >= 0.3 is 0 Å². The minimum absolute atomic E-state index is 0.151. The van der Waals surface area contributed by atoms with Crippen molar-refractivity contribution in [3.8, 4) is 5.75 Å². The van der Waals surface area contributed by atoms with Crippen molar-refractivity contribution >= 4 is 34.8 Å². The zero-order chi connectivity index (χ0) is 34.2. The highest BCUT2D eigenvalue weighted by Crippen LogP contribution is 2.54. The molecule has 256 valence electrons. The molecule has 2 fully saturated rings. The lowest BCUT2D eigenvalue weighted by atomic mass is 9.77. The fourth-order valence-electron chi connectivity index (χ4n) is 8.07. The molecule has 10 nitrogen and oxygen atoms in total. The van der Waals surface area contributed by atoms with E-state index in [-0.39, 0.29) is 36.8 Å². The lowest BCUT2D eigenvalue weighted by molar-refractivity contribution is -0.144. The van der Waals surface area contributed by atoms with Crippen LogP contribution in [0.25, 0.3) is 0 Å². The maximum atomic E-state index is 14.9. The molecule has 1 spiro atoms. The number of fused-ring (bicyclic) bond motifs is 2. The number of hydrogen-bond acceptors (Lipinski definition) is 7. The second-order valence-electron chi connectivity index (χ2n) is 13.4. The first kappa shape index (κ1) is 33.7. The van der Waals surface area contributed by atoms with Crippen molar-refractivity contribution in [3.05, 3.63) is 72.8 Å². The molecule has 3 amide bonds. The van der Waals surface area contributed by atoms with Crippen molar-refractivity contribution in [1.29, 1.82) is 0 Å². The van der Waals surface area contributed by atoms with Gasteiger partial charge < -0.3 is 34.2 Å². The van der Waals surface area contributed by atoms with E-state index in [9.17, 15) is 19.5 Å². The van der Waals surface area contributed by atoms with E-state index < -0.39 is 35.6 Å². The largest absolute Gasteiger partial charge is 0.494 e. The maximum Gasteiger partial charge on any atom is 0.253 e. The van der Waals surface area contributed by atoms with Gasteiger partial charge in [0.25, 0.3) is 5.91 Å². The van der Waals surface area contributed by atoms with Gasteiger partial charge in [0.15, 0.2) is 0 Å². The Balaban J connectivity index is 1.40. The third kappa shape index (κ3) is 5.68. The molecule has 0 bridgehead atoms. The van der Waals surface area contributed by atoms with E-state index in [4.69, 9.17) is 9.47 Å². The first-order chi connectivity index (χ1) is 23.2. The molecule has 6 atom stereocenters. The van der Waals surface area contributed by atoms with Crippen molar-refractivity contribution in [1.82, 2.24) is 4.90 Å². The zero-order valence-corrected chi connectivity index (χ0v) is 28.6. The number of nitrogens with zero attached hydrogens (tertiary/aromatic N) is 4. The van der Waals surface area contributed by atoms with Gasteiger partial charge in [-0.05, 0) is 81.6 Å². The van der Waals surface area contributed by atoms with Crippen molar-refractivity contribution in [3.63, 3.8) is 0 Å². The highest BCUT2D eigenvalue weighted by Gasteiger charge is 2.72. The summed E-state index contributed by atoms with van der Waals surface area (Å²) in [6.07, 6.45) is 7.30. The van der Waals surface area contributed by atoms with Gasteiger partial charge in [-0.1, -0.05) is 38.2 Å². The summed E-state index contributed by atoms with van der Waals surface area (Å²) in [6.45, 7) is 12.7. The number of carbonyl (C=O) groups excluding carboxylic acids is 3. The Morgan fingerprint density at radius 3 is 2.12 bits per heavy atom. The number of ether oxygens (including phenoxy) is 2. The maximum absolute atomic E-state index is 14.9. The van der Waals surface area contributed by atoms with Gasteiger partial charge in [-0.2, -0.15) is 0 Å². The Morgan fingerprint density at radius 2 is 1.52 bits per heavy atom. The molecule has 4 aliphatic heterocycles. The summed E-state index contributed by atoms with van der Waals surface area (Å²) in [5.41, 5.74) is 1.08. The monoisotopic (exact) mass is 656 g/mol. The van der Waals surface area contributed by atoms with Crippen LogP contribution in [-0.4, -0.2) is 90.9 Å². The first-order valence-corrected chi connectivity index (χ1v) is 17.3. The number of aliphatic hydroxyl groups is 1. The number of likely N-dealkylation sites (tertiary alicyclic amines) is 1. The second-order valence-corrected chi connectivity index (χ2v) is 13.4. The summed E-state index contributed by atoms with van der Waals surface area (Å²) >= 11 is 0. The molecule has 6 rings (SSSR count). The number of anilines is 3. The van der Waals surface area contributed by atoms with Crippen LogP contribution in [0.2, 0.25) is 0 Å². The summed E-state index contributed by atoms with van der Waals surface area (Å²) < 4.78 is 12.4. The van der Waals surface area contributed by atoms with E-state index >= 15 is 0 Å². The van der Waals surface area contributed by atoms with E-state index in [1.54, 1.807) is 14.7 Å². The molecule has 0 aliphatic carbocycles. The fraction of sp³-hybridized carbons (Fsp3) is 0.500. The average Bonchev–Trinajstić information content (AvgIpc) is 3.40. The molecule has 0 aromatic heterocycles. The summed E-state index contributed by atoms with van der Waals surface area (Å²) in [7, 11) is 0. The number of benzene rings is 2. The number of hydrogen-bond donors (Lipinski definition) is 1. The Morgan fingerprint density at radius 1 is 0.896 bits per heavy atom. The van der Waals surface area contributed by atoms with Crippen LogP contribution in [0.4, 0.5) is 17.1 Å². The molecule has 4 aliphatic rings. The quantitative estimate of drug-likeness (QED) is 0.357. The lowest BCUT2D eigenvalue weighted by Gasteiger charge is -2.39. The van der Waals surface area contributed by atoms with Gasteiger partial charge in [-0.25, -0.2) is 0 Å². The predicted molar refractivity (Wildman–Crippen MR) is 186 cm³/mol. The summed E-state index contributed by atoms with van der Waals surface area (Å²) in [6, 6.07) is 13.6. The minimum Gasteiger partial charge on any atom is -0.494 e. The van der Waals surface area contributed by atoms with Gasteiger partial charge in [-0.3, -0.25) is 14.4 Å². The van der Waals surface area contributed by atoms with Crippen LogP contribution in [0, 0.1) is 17.8 Å². The van der Waals surface area contributed by atoms with E-state index in [0.29, 0.717) is 36.7 Å². The molecule has 48 heavy (non-hydrogen) atoms. The highest BCUT2D eigenvalue weighted by molar-refractivity contribution is 6.07. The topological polar surface area (TPSA) is 103 Å². The smallest absolute Gasteiger partial charge is 0.253 e. The Hall–Kier alpha value is -4.15. The van der Waals surface area contributed by atoms with Crippen molar-refractivity contribution in [2.24, 2.45) is 17.8 Å². The third-order valence-corrected chi connectivity index (χ3v) is 10.2. The molecular weight excluding hydrogens is 608 g/mol. The Bertz CT molecular complexity index is 1550. The van der Waals surface area contributed by atoms with Crippen LogP contribution in [0.1, 0.15) is 41.0 Å². The molecular formula is C38H48N4O6. The normalized spacial score (nSPS) is 27.1. The van der Waals surface area contributed by atoms with E-state index in [2.05, 4.69) is 18.7 Å². The van der Waals surface area contributed by atoms with Gasteiger partial charge in [0, 0.05) is 43.2 Å². The van der Waals surface area contributed by atoms with E-state index in [1.807, 2.05) is 93.6 Å². The number of carbonyl (C=O) groups is 3. The molecule has 2 aromatic carbocycles. The van der Waals surface area contributed by atoms with Crippen molar-refractivity contribution in [2.45, 2.75) is 64.8 Å². The molecule has 2 aromatic rings. The standard InChI is InChI=1S/C38H48N4O6/c1-6-39(7-2)26-12-14-27(15-13-26)41-22-10-20-38-33(36(45)42(34(38)37(41)46)29(24-43)23-25(4)5)32-31(48-38)11-9-21-40(35(32)44)28-16-18-30(19-17-28)47-8-3/h9-20,25,29,31-34,43H,6-8,21-24H2,1-5H3/t29-,31+,32-,33+,34?,38+/m1/s1. The zero-order valence-electron chi connectivity index (χ0n) is 28.6. The summed E-state index contributed by atoms with van der Waals surface area (Å²) in [5.74, 6) is -1.80. The molecule has 0 radical (unpaired) electrons.